The molecule has 1 aromatic heterocycles. The molecule has 1 saturated heterocycles. The minimum Gasteiger partial charge on any atom is -0.494 e. The van der Waals surface area contributed by atoms with Gasteiger partial charge in [-0.2, -0.15) is 4.31 Å². The second-order valence-corrected chi connectivity index (χ2v) is 12.1. The van der Waals surface area contributed by atoms with E-state index in [1.807, 2.05) is 86.6 Å². The third-order valence-corrected chi connectivity index (χ3v) is 9.66. The molecule has 210 valence electrons. The molecule has 4 aromatic carbocycles. The Morgan fingerprint density at radius 2 is 1.54 bits per heavy atom. The number of hydrogen-bond donors (Lipinski definition) is 0. The van der Waals surface area contributed by atoms with Crippen LogP contribution in [-0.4, -0.2) is 60.0 Å². The summed E-state index contributed by atoms with van der Waals surface area (Å²) in [5.74, 6) is 1.35. The van der Waals surface area contributed by atoms with E-state index in [2.05, 4.69) is 4.90 Å². The largest absolute Gasteiger partial charge is 0.494 e. The van der Waals surface area contributed by atoms with Crippen molar-refractivity contribution in [2.75, 3.05) is 32.8 Å². The van der Waals surface area contributed by atoms with Crippen molar-refractivity contribution in [2.45, 2.75) is 24.8 Å². The number of para-hydroxylation sites is 1. The smallest absolute Gasteiger partial charge is 0.266 e. The predicted molar refractivity (Wildman–Crippen MR) is 161 cm³/mol. The van der Waals surface area contributed by atoms with Gasteiger partial charge < -0.3 is 4.74 Å². The lowest BCUT2D eigenvalue weighted by Gasteiger charge is -2.37. The maximum Gasteiger partial charge on any atom is 0.266 e. The number of fused-ring (bicyclic) bond motifs is 2. The Labute approximate surface area is 239 Å². The quantitative estimate of drug-likeness (QED) is 0.275. The van der Waals surface area contributed by atoms with Gasteiger partial charge in [-0.3, -0.25) is 14.3 Å². The van der Waals surface area contributed by atoms with Crippen molar-refractivity contribution in [3.63, 3.8) is 0 Å². The molecular formula is C32H32N4O4S. The molecule has 1 atom stereocenters. The molecule has 0 spiro atoms. The topological polar surface area (TPSA) is 84.7 Å². The van der Waals surface area contributed by atoms with E-state index in [0.29, 0.717) is 60.1 Å². The number of ether oxygens (including phenoxy) is 1. The second-order valence-electron chi connectivity index (χ2n) is 10.2. The maximum absolute atomic E-state index is 13.8. The lowest BCUT2D eigenvalue weighted by Crippen LogP contribution is -2.49. The van der Waals surface area contributed by atoms with E-state index >= 15 is 0 Å². The molecule has 1 aliphatic rings. The van der Waals surface area contributed by atoms with Gasteiger partial charge in [-0.15, -0.1) is 0 Å². The second kappa shape index (κ2) is 11.1. The summed E-state index contributed by atoms with van der Waals surface area (Å²) < 4.78 is 35.9. The fourth-order valence-electron chi connectivity index (χ4n) is 5.51. The number of hydrogen-bond acceptors (Lipinski definition) is 6. The zero-order chi connectivity index (χ0) is 28.6. The molecule has 0 aliphatic carbocycles. The molecule has 2 heterocycles. The van der Waals surface area contributed by atoms with Crippen molar-refractivity contribution in [1.82, 2.24) is 18.8 Å². The van der Waals surface area contributed by atoms with Gasteiger partial charge >= 0.3 is 0 Å². The summed E-state index contributed by atoms with van der Waals surface area (Å²) in [6, 6.07) is 27.6. The Balaban J connectivity index is 1.29. The molecule has 9 heteroatoms. The zero-order valence-electron chi connectivity index (χ0n) is 23.1. The fraction of sp³-hybridized carbons (Fsp3) is 0.250. The van der Waals surface area contributed by atoms with Crippen LogP contribution in [0.3, 0.4) is 0 Å². The van der Waals surface area contributed by atoms with Crippen LogP contribution < -0.4 is 10.3 Å². The van der Waals surface area contributed by atoms with Crippen LogP contribution in [-0.2, 0) is 10.0 Å². The number of nitrogens with zero attached hydrogens (tertiary/aromatic N) is 4. The van der Waals surface area contributed by atoms with Gasteiger partial charge in [0, 0.05) is 26.2 Å². The van der Waals surface area contributed by atoms with Crippen LogP contribution in [0, 0.1) is 0 Å². The normalized spacial score (nSPS) is 15.8. The molecule has 0 bridgehead atoms. The highest BCUT2D eigenvalue weighted by atomic mass is 32.2. The zero-order valence-corrected chi connectivity index (χ0v) is 23.9. The van der Waals surface area contributed by atoms with Gasteiger partial charge in [0.1, 0.15) is 11.6 Å². The lowest BCUT2D eigenvalue weighted by atomic mass is 10.1. The van der Waals surface area contributed by atoms with Crippen molar-refractivity contribution >= 4 is 31.7 Å². The van der Waals surface area contributed by atoms with E-state index in [1.54, 1.807) is 27.1 Å². The Morgan fingerprint density at radius 3 is 2.27 bits per heavy atom. The first-order valence-electron chi connectivity index (χ1n) is 13.8. The van der Waals surface area contributed by atoms with E-state index in [9.17, 15) is 13.2 Å². The van der Waals surface area contributed by atoms with Crippen molar-refractivity contribution in [3.05, 3.63) is 107 Å². The van der Waals surface area contributed by atoms with Gasteiger partial charge in [-0.25, -0.2) is 13.4 Å². The van der Waals surface area contributed by atoms with E-state index in [1.165, 1.54) is 0 Å². The minimum absolute atomic E-state index is 0.140. The van der Waals surface area contributed by atoms with Gasteiger partial charge in [-0.1, -0.05) is 42.5 Å². The number of piperazine rings is 1. The summed E-state index contributed by atoms with van der Waals surface area (Å²) in [5.41, 5.74) is 1.20. The van der Waals surface area contributed by atoms with Crippen molar-refractivity contribution in [1.29, 1.82) is 0 Å². The van der Waals surface area contributed by atoms with Gasteiger partial charge in [0.25, 0.3) is 5.56 Å². The fourth-order valence-corrected chi connectivity index (χ4v) is 6.97. The van der Waals surface area contributed by atoms with E-state index < -0.39 is 10.0 Å². The first kappa shape index (κ1) is 27.1. The van der Waals surface area contributed by atoms with Crippen LogP contribution >= 0.6 is 0 Å². The van der Waals surface area contributed by atoms with E-state index in [0.717, 1.165) is 16.5 Å². The highest BCUT2D eigenvalue weighted by Crippen LogP contribution is 2.27. The van der Waals surface area contributed by atoms with Crippen LogP contribution in [0.4, 0.5) is 0 Å². The number of aromatic nitrogens is 2. The van der Waals surface area contributed by atoms with Crippen LogP contribution in [0.5, 0.6) is 5.75 Å². The molecule has 0 amide bonds. The minimum atomic E-state index is -3.64. The molecule has 41 heavy (non-hydrogen) atoms. The Morgan fingerprint density at radius 1 is 0.854 bits per heavy atom. The predicted octanol–water partition coefficient (Wildman–Crippen LogP) is 5.01. The van der Waals surface area contributed by atoms with Crippen LogP contribution in [0.15, 0.2) is 101 Å². The summed E-state index contributed by atoms with van der Waals surface area (Å²) in [6.45, 7) is 6.23. The van der Waals surface area contributed by atoms with Crippen LogP contribution in [0.1, 0.15) is 25.7 Å². The van der Waals surface area contributed by atoms with Crippen LogP contribution in [0.2, 0.25) is 0 Å². The highest BCUT2D eigenvalue weighted by Gasteiger charge is 2.32. The highest BCUT2D eigenvalue weighted by molar-refractivity contribution is 7.89. The molecule has 1 unspecified atom stereocenters. The monoisotopic (exact) mass is 568 g/mol. The first-order chi connectivity index (χ1) is 19.9. The Bertz CT molecular complexity index is 1880. The Hall–Kier alpha value is -4.05. The van der Waals surface area contributed by atoms with Crippen molar-refractivity contribution in [2.24, 2.45) is 0 Å². The van der Waals surface area contributed by atoms with Gasteiger partial charge in [0.15, 0.2) is 0 Å². The van der Waals surface area contributed by atoms with Crippen LogP contribution in [0.25, 0.3) is 27.4 Å². The molecule has 0 saturated carbocycles. The van der Waals surface area contributed by atoms with Gasteiger partial charge in [-0.05, 0) is 73.2 Å². The summed E-state index contributed by atoms with van der Waals surface area (Å²) in [7, 11) is -3.64. The lowest BCUT2D eigenvalue weighted by molar-refractivity contribution is 0.140. The standard InChI is InChI=1S/C32H32N4O4S/c1-3-40-27-15-13-26(14-16-27)36-31(33-30-11-7-6-10-29(30)32(36)37)23(2)34-18-20-35(21-19-34)41(38,39)28-17-12-24-8-4-5-9-25(24)22-28/h4-17,22-23H,3,18-21H2,1-2H3. The molecule has 1 aliphatic heterocycles. The average molecular weight is 569 g/mol. The summed E-state index contributed by atoms with van der Waals surface area (Å²) >= 11 is 0. The molecule has 5 aromatic rings. The SMILES string of the molecule is CCOc1ccc(-n2c(C(C)N3CCN(S(=O)(=O)c4ccc5ccccc5c4)CC3)nc3ccccc3c2=O)cc1. The van der Waals surface area contributed by atoms with Gasteiger partial charge in [0.05, 0.1) is 34.1 Å². The third-order valence-electron chi connectivity index (χ3n) is 7.76. The number of rotatable bonds is 7. The molecule has 0 N–H and O–H groups in total. The number of sulfonamides is 1. The summed E-state index contributed by atoms with van der Waals surface area (Å²) in [5, 5.41) is 2.45. The molecule has 6 rings (SSSR count). The first-order valence-corrected chi connectivity index (χ1v) is 15.3. The Kier molecular flexibility index (Phi) is 7.33. The molecule has 1 fully saturated rings. The van der Waals surface area contributed by atoms with Crippen molar-refractivity contribution < 1.29 is 13.2 Å². The van der Waals surface area contributed by atoms with E-state index in [4.69, 9.17) is 9.72 Å². The van der Waals surface area contributed by atoms with E-state index in [-0.39, 0.29) is 11.6 Å². The van der Waals surface area contributed by atoms with Gasteiger partial charge in [0.2, 0.25) is 10.0 Å². The molecule has 8 nitrogen and oxygen atoms in total. The average Bonchev–Trinajstić information content (AvgIpc) is 3.01. The number of benzene rings is 4. The summed E-state index contributed by atoms with van der Waals surface area (Å²) in [6.07, 6.45) is 0. The molecular weight excluding hydrogens is 536 g/mol. The molecule has 0 radical (unpaired) electrons. The third kappa shape index (κ3) is 5.12. The maximum atomic E-state index is 13.8. The summed E-state index contributed by atoms with van der Waals surface area (Å²) in [4.78, 5) is 21.2. The van der Waals surface area contributed by atoms with Crippen molar-refractivity contribution in [3.8, 4) is 11.4 Å².